The smallest absolute Gasteiger partial charge is 0.129 e. The average molecular weight is 329 g/mol. The largest absolute Gasteiger partial charge is 0.462 e. The highest BCUT2D eigenvalue weighted by Gasteiger charge is 2.00. The van der Waals surface area contributed by atoms with Crippen LogP contribution in [0.15, 0.2) is 40.8 Å². The van der Waals surface area contributed by atoms with Crippen molar-refractivity contribution in [2.75, 3.05) is 5.32 Å². The highest BCUT2D eigenvalue weighted by atomic mass is 127. The number of rotatable bonds is 4. The Balaban J connectivity index is 1.94. The lowest BCUT2D eigenvalue weighted by atomic mass is 10.3. The lowest BCUT2D eigenvalue weighted by Crippen LogP contribution is -1.97. The van der Waals surface area contributed by atoms with E-state index in [-0.39, 0.29) is 6.61 Å². The second-order valence-electron chi connectivity index (χ2n) is 3.39. The molecule has 0 saturated carbocycles. The van der Waals surface area contributed by atoms with Crippen LogP contribution in [0, 0.1) is 3.57 Å². The van der Waals surface area contributed by atoms with Crippen molar-refractivity contribution in [2.45, 2.75) is 13.2 Å². The van der Waals surface area contributed by atoms with Gasteiger partial charge in [0, 0.05) is 9.26 Å². The van der Waals surface area contributed by atoms with E-state index in [1.807, 2.05) is 30.3 Å². The maximum absolute atomic E-state index is 8.85. The molecule has 2 N–H and O–H groups in total. The van der Waals surface area contributed by atoms with Gasteiger partial charge in [-0.15, -0.1) is 0 Å². The predicted octanol–water partition coefficient (Wildman–Crippen LogP) is 2.99. The van der Waals surface area contributed by atoms with E-state index in [0.717, 1.165) is 11.4 Å². The van der Waals surface area contributed by atoms with Gasteiger partial charge in [-0.3, -0.25) is 0 Å². The monoisotopic (exact) mass is 329 g/mol. The minimum absolute atomic E-state index is 0.0521. The fourth-order valence-corrected chi connectivity index (χ4v) is 1.72. The van der Waals surface area contributed by atoms with Gasteiger partial charge in [0.1, 0.15) is 18.1 Å². The molecule has 2 aromatic rings. The minimum atomic E-state index is -0.0521. The first-order chi connectivity index (χ1) is 7.78. The molecule has 0 spiro atoms. The molecular formula is C12H12INO2. The van der Waals surface area contributed by atoms with Gasteiger partial charge in [-0.1, -0.05) is 0 Å². The molecule has 2 rings (SSSR count). The van der Waals surface area contributed by atoms with Gasteiger partial charge in [-0.25, -0.2) is 0 Å². The SMILES string of the molecule is OCc1ccc(CNc2ccc(I)cc2)o1. The third kappa shape index (κ3) is 2.99. The number of aliphatic hydroxyl groups excluding tert-OH is 1. The maximum Gasteiger partial charge on any atom is 0.129 e. The molecule has 0 saturated heterocycles. The van der Waals surface area contributed by atoms with E-state index in [9.17, 15) is 0 Å². The van der Waals surface area contributed by atoms with Gasteiger partial charge in [0.15, 0.2) is 0 Å². The molecule has 1 aromatic heterocycles. The van der Waals surface area contributed by atoms with E-state index in [0.29, 0.717) is 12.3 Å². The minimum Gasteiger partial charge on any atom is -0.462 e. The number of furan rings is 1. The summed E-state index contributed by atoms with van der Waals surface area (Å²) in [7, 11) is 0. The van der Waals surface area contributed by atoms with Crippen LogP contribution in [-0.4, -0.2) is 5.11 Å². The molecular weight excluding hydrogens is 317 g/mol. The molecule has 0 bridgehead atoms. The van der Waals surface area contributed by atoms with E-state index in [2.05, 4.69) is 27.9 Å². The van der Waals surface area contributed by atoms with Crippen molar-refractivity contribution >= 4 is 28.3 Å². The van der Waals surface area contributed by atoms with Crippen molar-refractivity contribution in [2.24, 2.45) is 0 Å². The zero-order valence-electron chi connectivity index (χ0n) is 8.61. The van der Waals surface area contributed by atoms with Gasteiger partial charge in [0.05, 0.1) is 6.54 Å². The van der Waals surface area contributed by atoms with Crippen LogP contribution in [0.3, 0.4) is 0 Å². The van der Waals surface area contributed by atoms with E-state index in [1.54, 1.807) is 6.07 Å². The Hall–Kier alpha value is -1.01. The maximum atomic E-state index is 8.85. The molecule has 0 unspecified atom stereocenters. The molecule has 0 aliphatic rings. The third-order valence-electron chi connectivity index (χ3n) is 2.18. The summed E-state index contributed by atoms with van der Waals surface area (Å²) in [5.41, 5.74) is 1.06. The van der Waals surface area contributed by atoms with Crippen LogP contribution in [0.25, 0.3) is 0 Å². The fraction of sp³-hybridized carbons (Fsp3) is 0.167. The van der Waals surface area contributed by atoms with Crippen molar-refractivity contribution in [1.29, 1.82) is 0 Å². The van der Waals surface area contributed by atoms with Gasteiger partial charge in [-0.05, 0) is 59.0 Å². The molecule has 0 radical (unpaired) electrons. The molecule has 1 heterocycles. The Labute approximate surface area is 108 Å². The van der Waals surface area contributed by atoms with Crippen LogP contribution >= 0.6 is 22.6 Å². The van der Waals surface area contributed by atoms with E-state index in [4.69, 9.17) is 9.52 Å². The zero-order valence-corrected chi connectivity index (χ0v) is 10.8. The molecule has 1 aromatic carbocycles. The van der Waals surface area contributed by atoms with Crippen molar-refractivity contribution < 1.29 is 9.52 Å². The van der Waals surface area contributed by atoms with Crippen LogP contribution in [-0.2, 0) is 13.2 Å². The van der Waals surface area contributed by atoms with Gasteiger partial charge < -0.3 is 14.8 Å². The quantitative estimate of drug-likeness (QED) is 0.848. The number of hydrogen-bond acceptors (Lipinski definition) is 3. The zero-order chi connectivity index (χ0) is 11.4. The summed E-state index contributed by atoms with van der Waals surface area (Å²) < 4.78 is 6.58. The Morgan fingerprint density at radius 1 is 1.06 bits per heavy atom. The van der Waals surface area contributed by atoms with E-state index >= 15 is 0 Å². The van der Waals surface area contributed by atoms with Crippen LogP contribution in [0.5, 0.6) is 0 Å². The van der Waals surface area contributed by atoms with Gasteiger partial charge in [-0.2, -0.15) is 0 Å². The standard InChI is InChI=1S/C12H12INO2/c13-9-1-3-10(4-2-9)14-7-11-5-6-12(8-15)16-11/h1-6,14-15H,7-8H2. The normalized spacial score (nSPS) is 10.4. The van der Waals surface area contributed by atoms with E-state index < -0.39 is 0 Å². The van der Waals surface area contributed by atoms with Crippen LogP contribution < -0.4 is 5.32 Å². The predicted molar refractivity (Wildman–Crippen MR) is 71.1 cm³/mol. The van der Waals surface area contributed by atoms with Crippen LogP contribution in [0.1, 0.15) is 11.5 Å². The Morgan fingerprint density at radius 2 is 1.75 bits per heavy atom. The second kappa shape index (κ2) is 5.36. The van der Waals surface area contributed by atoms with Gasteiger partial charge >= 0.3 is 0 Å². The molecule has 3 nitrogen and oxygen atoms in total. The number of benzene rings is 1. The highest BCUT2D eigenvalue weighted by Crippen LogP contribution is 2.13. The number of hydrogen-bond donors (Lipinski definition) is 2. The molecule has 0 fully saturated rings. The number of aliphatic hydroxyl groups is 1. The van der Waals surface area contributed by atoms with Crippen molar-refractivity contribution in [3.63, 3.8) is 0 Å². The van der Waals surface area contributed by atoms with Crippen LogP contribution in [0.4, 0.5) is 5.69 Å². The summed E-state index contributed by atoms with van der Waals surface area (Å²) in [6, 6.07) is 11.8. The van der Waals surface area contributed by atoms with Gasteiger partial charge in [0.2, 0.25) is 0 Å². The molecule has 0 aliphatic carbocycles. The Kier molecular flexibility index (Phi) is 3.84. The molecule has 84 valence electrons. The van der Waals surface area contributed by atoms with Crippen LogP contribution in [0.2, 0.25) is 0 Å². The Morgan fingerprint density at radius 3 is 2.38 bits per heavy atom. The van der Waals surface area contributed by atoms with E-state index in [1.165, 1.54) is 3.57 Å². The highest BCUT2D eigenvalue weighted by molar-refractivity contribution is 14.1. The molecule has 16 heavy (non-hydrogen) atoms. The first kappa shape index (κ1) is 11.5. The molecule has 4 heteroatoms. The van der Waals surface area contributed by atoms with Crippen molar-refractivity contribution in [3.8, 4) is 0 Å². The summed E-state index contributed by atoms with van der Waals surface area (Å²) in [4.78, 5) is 0. The molecule has 0 atom stereocenters. The fourth-order valence-electron chi connectivity index (χ4n) is 1.36. The van der Waals surface area contributed by atoms with Crippen molar-refractivity contribution in [3.05, 3.63) is 51.5 Å². The lowest BCUT2D eigenvalue weighted by Gasteiger charge is -2.03. The van der Waals surface area contributed by atoms with Gasteiger partial charge in [0.25, 0.3) is 0 Å². The summed E-state index contributed by atoms with van der Waals surface area (Å²) >= 11 is 2.27. The molecule has 0 amide bonds. The summed E-state index contributed by atoms with van der Waals surface area (Å²) in [6.45, 7) is 0.574. The van der Waals surface area contributed by atoms with Crippen molar-refractivity contribution in [1.82, 2.24) is 0 Å². The average Bonchev–Trinajstić information content (AvgIpc) is 2.76. The lowest BCUT2D eigenvalue weighted by molar-refractivity contribution is 0.244. The summed E-state index contributed by atoms with van der Waals surface area (Å²) in [5, 5.41) is 12.1. The summed E-state index contributed by atoms with van der Waals surface area (Å²) in [6.07, 6.45) is 0. The first-order valence-corrected chi connectivity index (χ1v) is 6.03. The number of nitrogens with one attached hydrogen (secondary N) is 1. The summed E-state index contributed by atoms with van der Waals surface area (Å²) in [5.74, 6) is 1.42. The molecule has 0 aliphatic heterocycles. The number of halogens is 1. The first-order valence-electron chi connectivity index (χ1n) is 4.96. The second-order valence-corrected chi connectivity index (χ2v) is 4.63. The third-order valence-corrected chi connectivity index (χ3v) is 2.90. The topological polar surface area (TPSA) is 45.4 Å². The Bertz CT molecular complexity index is 450. The number of anilines is 1.